The van der Waals surface area contributed by atoms with Crippen molar-refractivity contribution >= 4 is 0 Å². The van der Waals surface area contributed by atoms with E-state index in [0.717, 1.165) is 0 Å². The van der Waals surface area contributed by atoms with E-state index >= 15 is 0 Å². The third-order valence-electron chi connectivity index (χ3n) is 0.594. The largest absolute Gasteiger partial charge is 1.00 e. The Labute approximate surface area is 75.5 Å². The Bertz CT molecular complexity index is 99.6. The fourth-order valence-electron chi connectivity index (χ4n) is 0.0778. The Hall–Kier alpha value is 0.610. The van der Waals surface area contributed by atoms with Crippen molar-refractivity contribution in [2.24, 2.45) is 0 Å². The second-order valence-electron chi connectivity index (χ2n) is 1.35. The molecule has 0 aliphatic carbocycles. The van der Waals surface area contributed by atoms with Gasteiger partial charge in [-0.3, -0.25) is 0 Å². The molecule has 0 N–H and O–H groups in total. The van der Waals surface area contributed by atoms with Gasteiger partial charge in [0, 0.05) is 0 Å². The zero-order chi connectivity index (χ0) is 7.71. The van der Waals surface area contributed by atoms with E-state index in [1.807, 2.05) is 0 Å². The average Bonchev–Trinajstić information content (AvgIpc) is 1.64. The predicted octanol–water partition coefficient (Wildman–Crippen LogP) is -2.45. The van der Waals surface area contributed by atoms with Gasteiger partial charge in [-0.05, 0) is 0 Å². The summed E-state index contributed by atoms with van der Waals surface area (Å²) in [4.78, 5) is 0. The maximum absolute atomic E-state index is 11.2. The van der Waals surface area contributed by atoms with Crippen LogP contribution in [0.2, 0.25) is 0 Å². The van der Waals surface area contributed by atoms with Gasteiger partial charge < -0.3 is 5.11 Å². The van der Waals surface area contributed by atoms with Crippen LogP contribution in [0.5, 0.6) is 0 Å². The van der Waals surface area contributed by atoms with Crippen LogP contribution in [-0.2, 0) is 0 Å². The van der Waals surface area contributed by atoms with Gasteiger partial charge in [0.1, 0.15) is 0 Å². The van der Waals surface area contributed by atoms with Gasteiger partial charge in [-0.1, -0.05) is 0 Å². The Morgan fingerprint density at radius 3 is 1.40 bits per heavy atom. The Kier molecular flexibility index (Phi) is 5.08. The SMILES string of the molecule is [Na+].[O-]C(F)(F)C(F)(F)CF. The summed E-state index contributed by atoms with van der Waals surface area (Å²) >= 11 is 0. The molecule has 0 aliphatic heterocycles. The van der Waals surface area contributed by atoms with Crippen molar-refractivity contribution in [2.45, 2.75) is 12.0 Å². The third-order valence-corrected chi connectivity index (χ3v) is 0.594. The fourth-order valence-corrected chi connectivity index (χ4v) is 0.0778. The first kappa shape index (κ1) is 13.2. The van der Waals surface area contributed by atoms with E-state index in [4.69, 9.17) is 5.11 Å². The molecule has 56 valence electrons. The van der Waals surface area contributed by atoms with Gasteiger partial charge in [0.15, 0.2) is 6.67 Å². The van der Waals surface area contributed by atoms with Gasteiger partial charge in [0.2, 0.25) is 0 Å². The number of alkyl halides is 5. The predicted molar refractivity (Wildman–Crippen MR) is 15.9 cm³/mol. The molecule has 0 fully saturated rings. The summed E-state index contributed by atoms with van der Waals surface area (Å²) in [6.45, 7) is -2.64. The summed E-state index contributed by atoms with van der Waals surface area (Å²) in [6, 6.07) is 0. The monoisotopic (exact) mass is 172 g/mol. The molecule has 0 saturated carbocycles. The molecule has 0 aromatic heterocycles. The van der Waals surface area contributed by atoms with Crippen molar-refractivity contribution < 1.29 is 56.6 Å². The molecular formula is C3H2F5NaO. The van der Waals surface area contributed by atoms with Gasteiger partial charge in [0.05, 0.1) is 0 Å². The van der Waals surface area contributed by atoms with Crippen molar-refractivity contribution in [1.82, 2.24) is 0 Å². The number of rotatable bonds is 2. The molecule has 0 spiro atoms. The molecule has 0 radical (unpaired) electrons. The summed E-state index contributed by atoms with van der Waals surface area (Å²) in [5.74, 6) is -5.08. The van der Waals surface area contributed by atoms with Gasteiger partial charge >= 0.3 is 35.5 Å². The maximum Gasteiger partial charge on any atom is 1.00 e. The van der Waals surface area contributed by atoms with Crippen molar-refractivity contribution in [3.8, 4) is 0 Å². The Morgan fingerprint density at radius 1 is 1.10 bits per heavy atom. The molecule has 0 heterocycles. The molecule has 0 atom stereocenters. The number of hydrogen-bond donors (Lipinski definition) is 0. The molecular weight excluding hydrogens is 170 g/mol. The molecule has 7 heteroatoms. The van der Waals surface area contributed by atoms with Gasteiger partial charge in [-0.2, -0.15) is 8.78 Å². The smallest absolute Gasteiger partial charge is 0.793 e. The zero-order valence-corrected chi connectivity index (χ0v) is 7.01. The van der Waals surface area contributed by atoms with Gasteiger partial charge in [-0.15, -0.1) is 0 Å². The van der Waals surface area contributed by atoms with Crippen molar-refractivity contribution in [2.75, 3.05) is 6.67 Å². The van der Waals surface area contributed by atoms with Crippen LogP contribution in [0.15, 0.2) is 0 Å². The minimum Gasteiger partial charge on any atom is -0.793 e. The van der Waals surface area contributed by atoms with Crippen LogP contribution in [0.3, 0.4) is 0 Å². The van der Waals surface area contributed by atoms with Crippen LogP contribution in [0.25, 0.3) is 0 Å². The molecule has 10 heavy (non-hydrogen) atoms. The minimum absolute atomic E-state index is 0. The standard InChI is InChI=1S/C3H2F5O.Na/c4-1-2(5,6)3(7,8)9;/h1H2;/q-1;+1. The molecule has 0 saturated heterocycles. The first-order valence-electron chi connectivity index (χ1n) is 1.83. The Balaban J connectivity index is 0. The van der Waals surface area contributed by atoms with E-state index in [1.54, 1.807) is 0 Å². The molecule has 0 aromatic rings. The van der Waals surface area contributed by atoms with E-state index in [-0.39, 0.29) is 29.6 Å². The number of hydrogen-bond acceptors (Lipinski definition) is 1. The molecule has 0 unspecified atom stereocenters. The van der Waals surface area contributed by atoms with Gasteiger partial charge in [0.25, 0.3) is 6.11 Å². The van der Waals surface area contributed by atoms with E-state index in [1.165, 1.54) is 0 Å². The summed E-state index contributed by atoms with van der Waals surface area (Å²) in [5.41, 5.74) is 0. The Morgan fingerprint density at radius 2 is 1.40 bits per heavy atom. The summed E-state index contributed by atoms with van der Waals surface area (Å²) in [7, 11) is 0. The van der Waals surface area contributed by atoms with E-state index < -0.39 is 18.7 Å². The molecule has 0 aliphatic rings. The van der Waals surface area contributed by atoms with Crippen molar-refractivity contribution in [1.29, 1.82) is 0 Å². The number of halogens is 5. The van der Waals surface area contributed by atoms with E-state index in [2.05, 4.69) is 0 Å². The molecule has 0 bridgehead atoms. The van der Waals surface area contributed by atoms with E-state index in [9.17, 15) is 22.0 Å². The quantitative estimate of drug-likeness (QED) is 0.335. The zero-order valence-electron chi connectivity index (χ0n) is 5.01. The summed E-state index contributed by atoms with van der Waals surface area (Å²) < 4.78 is 55.2. The molecule has 0 rings (SSSR count). The second kappa shape index (κ2) is 3.85. The topological polar surface area (TPSA) is 23.1 Å². The van der Waals surface area contributed by atoms with Crippen LogP contribution in [-0.4, -0.2) is 18.7 Å². The van der Waals surface area contributed by atoms with Crippen LogP contribution in [0.1, 0.15) is 0 Å². The first-order chi connectivity index (χ1) is 3.81. The maximum atomic E-state index is 11.2. The molecule has 0 amide bonds. The van der Waals surface area contributed by atoms with Crippen LogP contribution in [0, 0.1) is 0 Å². The normalized spacial score (nSPS) is 12.6. The average molecular weight is 172 g/mol. The molecule has 0 aromatic carbocycles. The fraction of sp³-hybridized carbons (Fsp3) is 1.00. The van der Waals surface area contributed by atoms with Crippen molar-refractivity contribution in [3.05, 3.63) is 0 Å². The molecule has 1 nitrogen and oxygen atoms in total. The van der Waals surface area contributed by atoms with Crippen LogP contribution in [0.4, 0.5) is 22.0 Å². The van der Waals surface area contributed by atoms with Gasteiger partial charge in [-0.25, -0.2) is 13.2 Å². The third kappa shape index (κ3) is 3.14. The van der Waals surface area contributed by atoms with Crippen LogP contribution < -0.4 is 34.7 Å². The first-order valence-corrected chi connectivity index (χ1v) is 1.83. The minimum atomic E-state index is -5.51. The summed E-state index contributed by atoms with van der Waals surface area (Å²) in [5, 5.41) is 9.03. The summed E-state index contributed by atoms with van der Waals surface area (Å²) in [6.07, 6.45) is -5.51. The van der Waals surface area contributed by atoms with Crippen LogP contribution >= 0.6 is 0 Å². The van der Waals surface area contributed by atoms with E-state index in [0.29, 0.717) is 0 Å². The second-order valence-corrected chi connectivity index (χ2v) is 1.35. The van der Waals surface area contributed by atoms with Crippen molar-refractivity contribution in [3.63, 3.8) is 0 Å².